The van der Waals surface area contributed by atoms with Crippen LogP contribution >= 0.6 is 0 Å². The van der Waals surface area contributed by atoms with E-state index in [1.165, 1.54) is 0 Å². The number of nitrogens with one attached hydrogen (secondary N) is 1. The fraction of sp³-hybridized carbons (Fsp3) is 0.933. The van der Waals surface area contributed by atoms with Gasteiger partial charge in [0.05, 0.1) is 13.2 Å². The van der Waals surface area contributed by atoms with Crippen LogP contribution in [0.4, 0.5) is 4.79 Å². The van der Waals surface area contributed by atoms with Crippen LogP contribution in [0.1, 0.15) is 52.9 Å². The molecular weight excluding hydrogens is 258 g/mol. The van der Waals surface area contributed by atoms with E-state index in [9.17, 15) is 4.79 Å². The summed E-state index contributed by atoms with van der Waals surface area (Å²) in [5.41, 5.74) is -0.432. The van der Waals surface area contributed by atoms with Gasteiger partial charge in [-0.25, -0.2) is 4.79 Å². The second-order valence-corrected chi connectivity index (χ2v) is 6.77. The molecule has 116 valence electrons. The molecule has 1 amide bonds. The van der Waals surface area contributed by atoms with Crippen LogP contribution in [-0.2, 0) is 14.2 Å². The van der Waals surface area contributed by atoms with E-state index < -0.39 is 5.60 Å². The summed E-state index contributed by atoms with van der Waals surface area (Å²) in [6, 6.07) is 0. The maximum Gasteiger partial charge on any atom is 0.407 e. The molecule has 5 heteroatoms. The van der Waals surface area contributed by atoms with Crippen molar-refractivity contribution in [2.24, 2.45) is 5.92 Å². The molecule has 0 radical (unpaired) electrons. The number of carbonyl (C=O) groups excluding carboxylic acids is 1. The second-order valence-electron chi connectivity index (χ2n) is 6.77. The van der Waals surface area contributed by atoms with Crippen LogP contribution in [0.25, 0.3) is 0 Å². The zero-order valence-electron chi connectivity index (χ0n) is 12.9. The first-order valence-electron chi connectivity index (χ1n) is 7.63. The number of carbonyl (C=O) groups is 1. The summed E-state index contributed by atoms with van der Waals surface area (Å²) in [6.45, 7) is 7.74. The Morgan fingerprint density at radius 3 is 2.40 bits per heavy atom. The lowest BCUT2D eigenvalue weighted by Gasteiger charge is -2.35. The van der Waals surface area contributed by atoms with Crippen LogP contribution in [0, 0.1) is 5.92 Å². The highest BCUT2D eigenvalue weighted by molar-refractivity contribution is 5.67. The molecule has 1 N–H and O–H groups in total. The smallest absolute Gasteiger partial charge is 0.407 e. The van der Waals surface area contributed by atoms with Crippen LogP contribution in [0.3, 0.4) is 0 Å². The molecule has 20 heavy (non-hydrogen) atoms. The zero-order chi connectivity index (χ0) is 14.6. The van der Waals surface area contributed by atoms with Crippen molar-refractivity contribution >= 4 is 6.09 Å². The van der Waals surface area contributed by atoms with Gasteiger partial charge in [-0.1, -0.05) is 0 Å². The number of rotatable bonds is 3. The quantitative estimate of drug-likeness (QED) is 0.866. The normalized spacial score (nSPS) is 22.9. The van der Waals surface area contributed by atoms with Gasteiger partial charge in [-0.2, -0.15) is 0 Å². The molecule has 0 aromatic carbocycles. The van der Waals surface area contributed by atoms with Gasteiger partial charge in [0.1, 0.15) is 5.60 Å². The third-order valence-electron chi connectivity index (χ3n) is 3.90. The van der Waals surface area contributed by atoms with Gasteiger partial charge in [0.2, 0.25) is 0 Å². The average Bonchev–Trinajstić information content (AvgIpc) is 2.78. The van der Waals surface area contributed by atoms with E-state index in [1.807, 2.05) is 20.8 Å². The predicted octanol–water partition coefficient (Wildman–Crippen LogP) is 2.83. The fourth-order valence-electron chi connectivity index (χ4n) is 2.88. The first-order chi connectivity index (χ1) is 9.39. The number of amides is 1. The van der Waals surface area contributed by atoms with Gasteiger partial charge in [0.25, 0.3) is 0 Å². The van der Waals surface area contributed by atoms with E-state index in [4.69, 9.17) is 14.2 Å². The molecular formula is C15H27NO4. The molecule has 2 rings (SSSR count). The summed E-state index contributed by atoms with van der Waals surface area (Å²) >= 11 is 0. The first kappa shape index (κ1) is 15.6. The monoisotopic (exact) mass is 285 g/mol. The Morgan fingerprint density at radius 2 is 1.85 bits per heavy atom. The standard InChI is InChI=1S/C15H27NO4/c1-14(2,3)20-13(17)16-9-6-12-4-7-15(8-5-12)18-10-11-19-15/h12H,4-11H2,1-3H3,(H,16,17). The van der Waals surface area contributed by atoms with Gasteiger partial charge in [-0.05, 0) is 46.0 Å². The number of ether oxygens (including phenoxy) is 3. The van der Waals surface area contributed by atoms with Crippen LogP contribution in [0.2, 0.25) is 0 Å². The summed E-state index contributed by atoms with van der Waals surface area (Å²) < 4.78 is 16.6. The van der Waals surface area contributed by atoms with Crippen LogP contribution in [0.15, 0.2) is 0 Å². The molecule has 1 aliphatic heterocycles. The van der Waals surface area contributed by atoms with Gasteiger partial charge >= 0.3 is 6.09 Å². The zero-order valence-corrected chi connectivity index (χ0v) is 12.9. The molecule has 0 aromatic heterocycles. The predicted molar refractivity (Wildman–Crippen MR) is 75.4 cm³/mol. The lowest BCUT2D eigenvalue weighted by molar-refractivity contribution is -0.182. The number of hydrogen-bond acceptors (Lipinski definition) is 4. The van der Waals surface area contributed by atoms with E-state index >= 15 is 0 Å². The Kier molecular flexibility index (Phi) is 4.91. The SMILES string of the molecule is CC(C)(C)OC(=O)NCCC1CCC2(CC1)OCCO2. The van der Waals surface area contributed by atoms with Gasteiger partial charge in [0.15, 0.2) is 5.79 Å². The van der Waals surface area contributed by atoms with Crippen molar-refractivity contribution < 1.29 is 19.0 Å². The summed E-state index contributed by atoms with van der Waals surface area (Å²) in [7, 11) is 0. The summed E-state index contributed by atoms with van der Waals surface area (Å²) in [6.07, 6.45) is 4.84. The van der Waals surface area contributed by atoms with Crippen molar-refractivity contribution in [1.29, 1.82) is 0 Å². The van der Waals surface area contributed by atoms with Crippen LogP contribution in [0.5, 0.6) is 0 Å². The molecule has 1 aliphatic carbocycles. The molecule has 5 nitrogen and oxygen atoms in total. The summed E-state index contributed by atoms with van der Waals surface area (Å²) in [4.78, 5) is 11.5. The fourth-order valence-corrected chi connectivity index (χ4v) is 2.88. The molecule has 2 fully saturated rings. The summed E-state index contributed by atoms with van der Waals surface area (Å²) in [5, 5.41) is 2.82. The van der Waals surface area contributed by atoms with Gasteiger partial charge in [-0.3, -0.25) is 0 Å². The Bertz CT molecular complexity index is 321. The van der Waals surface area contributed by atoms with Crippen LogP contribution < -0.4 is 5.32 Å². The van der Waals surface area contributed by atoms with Crippen molar-refractivity contribution in [2.45, 2.75) is 64.3 Å². The first-order valence-corrected chi connectivity index (χ1v) is 7.63. The van der Waals surface area contributed by atoms with E-state index in [-0.39, 0.29) is 11.9 Å². The molecule has 1 heterocycles. The van der Waals surface area contributed by atoms with Gasteiger partial charge in [0, 0.05) is 19.4 Å². The third-order valence-corrected chi connectivity index (χ3v) is 3.90. The molecule has 0 aromatic rings. The van der Waals surface area contributed by atoms with Gasteiger partial charge in [-0.15, -0.1) is 0 Å². The van der Waals surface area contributed by atoms with Gasteiger partial charge < -0.3 is 19.5 Å². The van der Waals surface area contributed by atoms with E-state index in [1.54, 1.807) is 0 Å². The maximum atomic E-state index is 11.5. The highest BCUT2D eigenvalue weighted by atomic mass is 16.7. The minimum Gasteiger partial charge on any atom is -0.444 e. The number of hydrogen-bond donors (Lipinski definition) is 1. The molecule has 1 saturated heterocycles. The minimum absolute atomic E-state index is 0.283. The van der Waals surface area contributed by atoms with Crippen molar-refractivity contribution in [1.82, 2.24) is 5.32 Å². The van der Waals surface area contributed by atoms with E-state index in [2.05, 4.69) is 5.32 Å². The maximum absolute atomic E-state index is 11.5. The van der Waals surface area contributed by atoms with Crippen molar-refractivity contribution in [3.05, 3.63) is 0 Å². The minimum atomic E-state index is -0.432. The largest absolute Gasteiger partial charge is 0.444 e. The highest BCUT2D eigenvalue weighted by Gasteiger charge is 2.40. The number of alkyl carbamates (subject to hydrolysis) is 1. The average molecular weight is 285 g/mol. The summed E-state index contributed by atoms with van der Waals surface area (Å²) in [5.74, 6) is 0.359. The lowest BCUT2D eigenvalue weighted by Crippen LogP contribution is -2.37. The van der Waals surface area contributed by atoms with Crippen molar-refractivity contribution in [3.63, 3.8) is 0 Å². The topological polar surface area (TPSA) is 56.8 Å². The van der Waals surface area contributed by atoms with Crippen molar-refractivity contribution in [3.8, 4) is 0 Å². The molecule has 0 atom stereocenters. The Labute approximate surface area is 121 Å². The third kappa shape index (κ3) is 4.63. The Balaban J connectivity index is 1.60. The van der Waals surface area contributed by atoms with E-state index in [0.717, 1.165) is 45.3 Å². The molecule has 1 saturated carbocycles. The second kappa shape index (κ2) is 6.31. The molecule has 1 spiro atoms. The van der Waals surface area contributed by atoms with Crippen molar-refractivity contribution in [2.75, 3.05) is 19.8 Å². The lowest BCUT2D eigenvalue weighted by atomic mass is 9.83. The van der Waals surface area contributed by atoms with Crippen LogP contribution in [-0.4, -0.2) is 37.2 Å². The van der Waals surface area contributed by atoms with E-state index in [0.29, 0.717) is 12.5 Å². The molecule has 2 aliphatic rings. The molecule has 0 unspecified atom stereocenters. The Morgan fingerprint density at radius 1 is 1.25 bits per heavy atom. The molecule has 0 bridgehead atoms. The highest BCUT2D eigenvalue weighted by Crippen LogP contribution is 2.39. The Hall–Kier alpha value is -0.810.